The van der Waals surface area contributed by atoms with Crippen LogP contribution in [0.25, 0.3) is 0 Å². The maximum absolute atomic E-state index is 12.8. The predicted octanol–water partition coefficient (Wildman–Crippen LogP) is 2.18. The summed E-state index contributed by atoms with van der Waals surface area (Å²) in [5, 5.41) is 16.4. The summed E-state index contributed by atoms with van der Waals surface area (Å²) in [5.74, 6) is 4.07. The number of carbonyl (C=O) groups is 1. The van der Waals surface area contributed by atoms with Crippen molar-refractivity contribution in [2.45, 2.75) is 12.6 Å². The van der Waals surface area contributed by atoms with E-state index >= 15 is 0 Å². The Hall–Kier alpha value is -3.00. The molecule has 0 fully saturated rings. The third-order valence-electron chi connectivity index (χ3n) is 3.33. The molecule has 5 N–H and O–H groups in total. The number of carboxylic acid groups (broad SMARTS) is 1. The van der Waals surface area contributed by atoms with Crippen molar-refractivity contribution >= 4 is 27.7 Å². The number of rotatable bonds is 10. The molecule has 0 saturated carbocycles. The van der Waals surface area contributed by atoms with E-state index in [0.717, 1.165) is 12.1 Å². The Balaban J connectivity index is 1.81. The van der Waals surface area contributed by atoms with Gasteiger partial charge in [0.1, 0.15) is 5.75 Å². The van der Waals surface area contributed by atoms with E-state index in [4.69, 9.17) is 30.7 Å². The summed E-state index contributed by atoms with van der Waals surface area (Å²) in [7, 11) is 0. The van der Waals surface area contributed by atoms with E-state index in [-0.39, 0.29) is 36.4 Å². The van der Waals surface area contributed by atoms with Crippen molar-refractivity contribution in [1.29, 1.82) is 0 Å². The number of amidine groups is 1. The van der Waals surface area contributed by atoms with Gasteiger partial charge in [0, 0.05) is 6.42 Å². The molecule has 164 valence electrons. The number of nitrogens with two attached hydrogens (primary N) is 2. The molecule has 0 unspecified atom stereocenters. The van der Waals surface area contributed by atoms with Crippen LogP contribution < -0.4 is 21.1 Å². The molecule has 0 aliphatic rings. The molecular weight excluding hydrogens is 479 g/mol. The van der Waals surface area contributed by atoms with Crippen LogP contribution in [0.15, 0.2) is 38.4 Å². The Bertz CT molecular complexity index is 906. The van der Waals surface area contributed by atoms with Crippen molar-refractivity contribution in [3.8, 4) is 11.6 Å². The largest absolute Gasteiger partial charge is 0.492 e. The third-order valence-corrected chi connectivity index (χ3v) is 3.98. The van der Waals surface area contributed by atoms with Crippen LogP contribution in [-0.4, -0.2) is 46.9 Å². The lowest BCUT2D eigenvalue weighted by atomic mass is 10.2. The number of aromatic nitrogens is 1. The third kappa shape index (κ3) is 7.11. The second-order valence-electron chi connectivity index (χ2n) is 5.70. The summed E-state index contributed by atoms with van der Waals surface area (Å²) in [5.41, 5.74) is 4.81. The van der Waals surface area contributed by atoms with Gasteiger partial charge in [0.25, 0.3) is 5.88 Å². The number of halogens is 4. The molecule has 0 radical (unpaired) electrons. The summed E-state index contributed by atoms with van der Waals surface area (Å²) in [6.07, 6.45) is -4.13. The monoisotopic (exact) mass is 495 g/mol. The lowest BCUT2D eigenvalue weighted by Crippen LogP contribution is -2.33. The van der Waals surface area contributed by atoms with Crippen LogP contribution in [0.2, 0.25) is 0 Å². The fraction of sp³-hybridized carbons (Fsp3) is 0.312. The zero-order chi connectivity index (χ0) is 22.3. The number of hydrogen-bond acceptors (Lipinski definition) is 8. The molecule has 0 spiro atoms. The summed E-state index contributed by atoms with van der Waals surface area (Å²) >= 11 is 3.14. The van der Waals surface area contributed by atoms with E-state index in [1.165, 1.54) is 12.1 Å². The van der Waals surface area contributed by atoms with E-state index in [2.05, 4.69) is 26.2 Å². The van der Waals surface area contributed by atoms with Crippen LogP contribution in [-0.2, 0) is 11.0 Å². The highest BCUT2D eigenvalue weighted by Crippen LogP contribution is 2.35. The highest BCUT2D eigenvalue weighted by molar-refractivity contribution is 9.10. The van der Waals surface area contributed by atoms with Crippen molar-refractivity contribution < 1.29 is 37.1 Å². The molecule has 1 heterocycles. The van der Waals surface area contributed by atoms with E-state index in [1.807, 2.05) is 0 Å². The van der Waals surface area contributed by atoms with Crippen LogP contribution in [0.4, 0.5) is 13.2 Å². The van der Waals surface area contributed by atoms with Gasteiger partial charge in [-0.3, -0.25) is 4.79 Å². The van der Waals surface area contributed by atoms with Crippen molar-refractivity contribution in [2.24, 2.45) is 16.7 Å². The Kier molecular flexibility index (Phi) is 7.88. The zero-order valence-corrected chi connectivity index (χ0v) is 16.8. The minimum absolute atomic E-state index is 0.00925. The first-order valence-corrected chi connectivity index (χ1v) is 9.03. The van der Waals surface area contributed by atoms with Gasteiger partial charge in [-0.05, 0) is 39.3 Å². The molecule has 0 bridgehead atoms. The van der Waals surface area contributed by atoms with Crippen LogP contribution in [0, 0.1) is 0 Å². The summed E-state index contributed by atoms with van der Waals surface area (Å²) in [4.78, 5) is 10.5. The molecule has 14 heteroatoms. The van der Waals surface area contributed by atoms with Crippen molar-refractivity contribution in [2.75, 3.05) is 19.8 Å². The Morgan fingerprint density at radius 2 is 2.00 bits per heavy atom. The predicted molar refractivity (Wildman–Crippen MR) is 101 cm³/mol. The first-order valence-electron chi connectivity index (χ1n) is 8.24. The molecule has 0 saturated heterocycles. The van der Waals surface area contributed by atoms with Crippen molar-refractivity contribution in [3.63, 3.8) is 0 Å². The maximum atomic E-state index is 12.8. The summed E-state index contributed by atoms with van der Waals surface area (Å²) < 4.78 is 54.3. The second kappa shape index (κ2) is 10.2. The van der Waals surface area contributed by atoms with Crippen LogP contribution >= 0.6 is 15.9 Å². The minimum atomic E-state index is -4.47. The number of carboxylic acids is 1. The van der Waals surface area contributed by atoms with Crippen LogP contribution in [0.5, 0.6) is 11.6 Å². The number of alkyl halides is 3. The van der Waals surface area contributed by atoms with Gasteiger partial charge in [0.15, 0.2) is 12.4 Å². The van der Waals surface area contributed by atoms with Gasteiger partial charge in [-0.25, -0.2) is 11.0 Å². The Labute approximate surface area is 176 Å². The van der Waals surface area contributed by atoms with Crippen LogP contribution in [0.3, 0.4) is 0 Å². The lowest BCUT2D eigenvalue weighted by Gasteiger charge is -2.12. The molecule has 30 heavy (non-hydrogen) atoms. The molecule has 0 aliphatic heterocycles. The van der Waals surface area contributed by atoms with Gasteiger partial charge in [-0.2, -0.15) is 13.2 Å². The fourth-order valence-electron chi connectivity index (χ4n) is 2.02. The highest BCUT2D eigenvalue weighted by Gasteiger charge is 2.31. The molecular formula is C16H17BrF3N5O5. The van der Waals surface area contributed by atoms with E-state index < -0.39 is 24.3 Å². The van der Waals surface area contributed by atoms with E-state index in [9.17, 15) is 18.0 Å². The summed E-state index contributed by atoms with van der Waals surface area (Å²) in [6.45, 7) is -0.354. The highest BCUT2D eigenvalue weighted by atomic mass is 79.9. The maximum Gasteiger partial charge on any atom is 0.416 e. The van der Waals surface area contributed by atoms with Gasteiger partial charge < -0.3 is 24.8 Å². The number of benzene rings is 1. The molecule has 10 nitrogen and oxygen atoms in total. The number of hydrazine groups is 1. The molecule has 1 aromatic heterocycles. The van der Waals surface area contributed by atoms with Crippen molar-refractivity contribution in [1.82, 2.24) is 10.3 Å². The molecule has 0 aliphatic carbocycles. The van der Waals surface area contributed by atoms with Gasteiger partial charge >= 0.3 is 12.1 Å². The average molecular weight is 496 g/mol. The smallest absolute Gasteiger partial charge is 0.416 e. The molecule has 1 aromatic carbocycles. The van der Waals surface area contributed by atoms with Crippen molar-refractivity contribution in [3.05, 3.63) is 40.1 Å². The molecule has 2 rings (SSSR count). The number of nitrogens with zero attached hydrogens (tertiary/aromatic N) is 3. The van der Waals surface area contributed by atoms with Gasteiger partial charge in [0.2, 0.25) is 5.76 Å². The first kappa shape index (κ1) is 23.3. The standard InChI is InChI=1S/C16H17BrF3N5O5/c17-10-3-2-9(16(18,19)20)6-11(10)28-4-1-5-29-13-7-12(30-24-13)15(21)23-25(22)8-14(26)27/h2-3,6-7H,1,4-5,8,22H2,(H2,21,23)(H,26,27). The first-order chi connectivity index (χ1) is 14.1. The van der Waals surface area contributed by atoms with Crippen LogP contribution in [0.1, 0.15) is 17.7 Å². The Morgan fingerprint density at radius 1 is 1.30 bits per heavy atom. The lowest BCUT2D eigenvalue weighted by molar-refractivity contribution is -0.139. The number of aliphatic carboxylic acids is 1. The summed E-state index contributed by atoms with van der Waals surface area (Å²) in [6, 6.07) is 4.43. The SMILES string of the molecule is N/C(=N\N(N)CC(=O)O)c1cc(OCCCOc2cc(C(F)(F)F)ccc2Br)no1. The quantitative estimate of drug-likeness (QED) is 0.148. The van der Waals surface area contributed by atoms with Gasteiger partial charge in [-0.1, -0.05) is 0 Å². The number of hydrazone groups is 1. The van der Waals surface area contributed by atoms with Gasteiger partial charge in [-0.15, -0.1) is 5.10 Å². The molecule has 0 amide bonds. The number of hydrogen-bond donors (Lipinski definition) is 3. The van der Waals surface area contributed by atoms with Gasteiger partial charge in [0.05, 0.1) is 29.3 Å². The fourth-order valence-corrected chi connectivity index (χ4v) is 2.38. The second-order valence-corrected chi connectivity index (χ2v) is 6.55. The normalized spacial score (nSPS) is 12.0. The topological polar surface area (TPSA) is 149 Å². The number of ether oxygens (including phenoxy) is 2. The zero-order valence-electron chi connectivity index (χ0n) is 15.2. The molecule has 2 aromatic rings. The molecule has 0 atom stereocenters. The van der Waals surface area contributed by atoms with E-state index in [0.29, 0.717) is 16.0 Å². The van der Waals surface area contributed by atoms with E-state index in [1.54, 1.807) is 0 Å². The average Bonchev–Trinajstić information content (AvgIpc) is 3.10. The Morgan fingerprint density at radius 3 is 2.67 bits per heavy atom. The minimum Gasteiger partial charge on any atom is -0.492 e.